The van der Waals surface area contributed by atoms with Gasteiger partial charge in [0.25, 0.3) is 0 Å². The van der Waals surface area contributed by atoms with Crippen LogP contribution in [-0.2, 0) is 21.9 Å². The maximum absolute atomic E-state index is 13.2. The molecule has 0 spiro atoms. The number of rotatable bonds is 13. The van der Waals surface area contributed by atoms with Crippen molar-refractivity contribution >= 4 is 23.6 Å². The number of hydrogen-bond donors (Lipinski definition) is 1. The van der Waals surface area contributed by atoms with Crippen LogP contribution in [0.1, 0.15) is 44.2 Å². The fraction of sp³-hybridized carbons (Fsp3) is 0.440. The van der Waals surface area contributed by atoms with Crippen molar-refractivity contribution < 1.29 is 14.3 Å². The second-order valence-electron chi connectivity index (χ2n) is 7.37. The third-order valence-corrected chi connectivity index (χ3v) is 6.05. The van der Waals surface area contributed by atoms with Gasteiger partial charge in [0.2, 0.25) is 11.8 Å². The lowest BCUT2D eigenvalue weighted by molar-refractivity contribution is -0.141. The molecule has 0 unspecified atom stereocenters. The molecular weight excluding hydrogens is 408 g/mol. The monoisotopic (exact) mass is 442 g/mol. The Kier molecular flexibility index (Phi) is 11.0. The van der Waals surface area contributed by atoms with Gasteiger partial charge < -0.3 is 15.0 Å². The number of methoxy groups -OCH3 is 1. The molecule has 0 aliphatic carbocycles. The van der Waals surface area contributed by atoms with E-state index in [4.69, 9.17) is 4.74 Å². The van der Waals surface area contributed by atoms with Crippen LogP contribution in [0.25, 0.3) is 0 Å². The Morgan fingerprint density at radius 1 is 1.03 bits per heavy atom. The number of nitrogens with zero attached hydrogens (tertiary/aromatic N) is 1. The predicted molar refractivity (Wildman–Crippen MR) is 128 cm³/mol. The lowest BCUT2D eigenvalue weighted by Crippen LogP contribution is -2.49. The van der Waals surface area contributed by atoms with Crippen LogP contribution in [0.15, 0.2) is 54.6 Å². The van der Waals surface area contributed by atoms with E-state index in [1.165, 1.54) is 5.56 Å². The molecule has 1 N–H and O–H groups in total. The molecule has 168 valence electrons. The van der Waals surface area contributed by atoms with Gasteiger partial charge in [0.15, 0.2) is 0 Å². The summed E-state index contributed by atoms with van der Waals surface area (Å²) < 4.78 is 5.23. The van der Waals surface area contributed by atoms with Crippen LogP contribution in [0.3, 0.4) is 0 Å². The molecule has 0 bridgehead atoms. The number of nitrogens with one attached hydrogen (secondary N) is 1. The summed E-state index contributed by atoms with van der Waals surface area (Å²) in [6, 6.07) is 17.4. The highest BCUT2D eigenvalue weighted by molar-refractivity contribution is 7.98. The van der Waals surface area contributed by atoms with E-state index in [9.17, 15) is 9.59 Å². The average Bonchev–Trinajstić information content (AvgIpc) is 2.81. The van der Waals surface area contributed by atoms with Gasteiger partial charge in [-0.1, -0.05) is 56.3 Å². The normalized spacial score (nSPS) is 11.6. The van der Waals surface area contributed by atoms with E-state index in [0.717, 1.165) is 29.2 Å². The van der Waals surface area contributed by atoms with Crippen LogP contribution < -0.4 is 10.1 Å². The molecule has 0 aliphatic heterocycles. The number of thioether (sulfide) groups is 1. The third-order valence-electron chi connectivity index (χ3n) is 5.02. The van der Waals surface area contributed by atoms with Crippen LogP contribution in [-0.4, -0.2) is 42.2 Å². The van der Waals surface area contributed by atoms with Gasteiger partial charge >= 0.3 is 0 Å². The predicted octanol–water partition coefficient (Wildman–Crippen LogP) is 4.65. The molecule has 0 heterocycles. The van der Waals surface area contributed by atoms with Crippen LogP contribution >= 0.6 is 11.8 Å². The minimum atomic E-state index is -0.472. The van der Waals surface area contributed by atoms with Crippen molar-refractivity contribution in [3.63, 3.8) is 0 Å². The Labute approximate surface area is 190 Å². The first kappa shape index (κ1) is 24.8. The van der Waals surface area contributed by atoms with Crippen molar-refractivity contribution in [3.8, 4) is 5.75 Å². The molecule has 0 aliphatic rings. The summed E-state index contributed by atoms with van der Waals surface area (Å²) in [5.41, 5.74) is 2.23. The molecule has 2 aromatic carbocycles. The van der Waals surface area contributed by atoms with Gasteiger partial charge in [-0.15, -0.1) is 0 Å². The average molecular weight is 443 g/mol. The number of carbonyl (C=O) groups excluding carboxylic acids is 2. The first-order valence-corrected chi connectivity index (χ1v) is 12.1. The second kappa shape index (κ2) is 13.8. The van der Waals surface area contributed by atoms with Gasteiger partial charge in [-0.3, -0.25) is 9.59 Å². The van der Waals surface area contributed by atoms with Gasteiger partial charge in [0, 0.05) is 31.0 Å². The Morgan fingerprint density at radius 2 is 1.74 bits per heavy atom. The number of benzene rings is 2. The highest BCUT2D eigenvalue weighted by Crippen LogP contribution is 2.19. The van der Waals surface area contributed by atoms with Crippen molar-refractivity contribution in [2.24, 2.45) is 0 Å². The van der Waals surface area contributed by atoms with E-state index < -0.39 is 6.04 Å². The Morgan fingerprint density at radius 3 is 2.35 bits per heavy atom. The Bertz CT molecular complexity index is 796. The molecule has 1 atom stereocenters. The zero-order valence-electron chi connectivity index (χ0n) is 18.8. The zero-order chi connectivity index (χ0) is 22.5. The summed E-state index contributed by atoms with van der Waals surface area (Å²) in [5.74, 6) is 2.30. The van der Waals surface area contributed by atoms with Crippen LogP contribution in [0.5, 0.6) is 5.75 Å². The van der Waals surface area contributed by atoms with E-state index >= 15 is 0 Å². The summed E-state index contributed by atoms with van der Waals surface area (Å²) in [5, 5.41) is 2.95. The SMILES string of the molecule is CCCNC(=O)[C@H](CC)N(Cc1ccc(OC)cc1)C(=O)CCSCc1ccccc1. The van der Waals surface area contributed by atoms with Crippen LogP contribution in [0.4, 0.5) is 0 Å². The van der Waals surface area contributed by atoms with Crippen molar-refractivity contribution in [2.75, 3.05) is 19.4 Å². The molecule has 5 nitrogen and oxygen atoms in total. The quantitative estimate of drug-likeness (QED) is 0.459. The molecule has 2 amide bonds. The number of ether oxygens (including phenoxy) is 1. The van der Waals surface area contributed by atoms with E-state index in [1.54, 1.807) is 23.8 Å². The molecule has 0 aromatic heterocycles. The highest BCUT2D eigenvalue weighted by atomic mass is 32.2. The summed E-state index contributed by atoms with van der Waals surface area (Å²) in [6.45, 7) is 5.00. The summed E-state index contributed by atoms with van der Waals surface area (Å²) >= 11 is 1.74. The smallest absolute Gasteiger partial charge is 0.242 e. The Hall–Kier alpha value is -2.47. The molecule has 0 fully saturated rings. The zero-order valence-corrected chi connectivity index (χ0v) is 19.6. The maximum atomic E-state index is 13.2. The van der Waals surface area contributed by atoms with Gasteiger partial charge in [-0.05, 0) is 36.1 Å². The summed E-state index contributed by atoms with van der Waals surface area (Å²) in [4.78, 5) is 27.7. The van der Waals surface area contributed by atoms with Crippen molar-refractivity contribution in [1.29, 1.82) is 0 Å². The van der Waals surface area contributed by atoms with Crippen LogP contribution in [0.2, 0.25) is 0 Å². The van der Waals surface area contributed by atoms with Gasteiger partial charge in [0.05, 0.1) is 7.11 Å². The van der Waals surface area contributed by atoms with E-state index in [-0.39, 0.29) is 11.8 Å². The molecule has 0 saturated carbocycles. The fourth-order valence-electron chi connectivity index (χ4n) is 3.28. The first-order valence-electron chi connectivity index (χ1n) is 10.9. The van der Waals surface area contributed by atoms with E-state index in [2.05, 4.69) is 17.4 Å². The lowest BCUT2D eigenvalue weighted by atomic mass is 10.1. The minimum absolute atomic E-state index is 0.00915. The van der Waals surface area contributed by atoms with Crippen molar-refractivity contribution in [2.45, 2.75) is 51.4 Å². The van der Waals surface area contributed by atoms with E-state index in [0.29, 0.717) is 25.9 Å². The van der Waals surface area contributed by atoms with Crippen molar-refractivity contribution in [1.82, 2.24) is 10.2 Å². The van der Waals surface area contributed by atoms with Crippen LogP contribution in [0, 0.1) is 0 Å². The van der Waals surface area contributed by atoms with E-state index in [1.807, 2.05) is 56.3 Å². The largest absolute Gasteiger partial charge is 0.497 e. The highest BCUT2D eigenvalue weighted by Gasteiger charge is 2.28. The number of amides is 2. The topological polar surface area (TPSA) is 58.6 Å². The minimum Gasteiger partial charge on any atom is -0.497 e. The molecule has 2 aromatic rings. The fourth-order valence-corrected chi connectivity index (χ4v) is 4.17. The lowest BCUT2D eigenvalue weighted by Gasteiger charge is -2.30. The second-order valence-corrected chi connectivity index (χ2v) is 8.48. The summed E-state index contributed by atoms with van der Waals surface area (Å²) in [6.07, 6.45) is 1.85. The molecular formula is C25H34N2O3S. The molecule has 0 radical (unpaired) electrons. The number of carbonyl (C=O) groups is 2. The molecule has 6 heteroatoms. The number of hydrogen-bond acceptors (Lipinski definition) is 4. The third kappa shape index (κ3) is 8.29. The van der Waals surface area contributed by atoms with Gasteiger partial charge in [0.1, 0.15) is 11.8 Å². The summed E-state index contributed by atoms with van der Waals surface area (Å²) in [7, 11) is 1.63. The standard InChI is InChI=1S/C25H34N2O3S/c1-4-16-26-25(29)23(5-2)27(18-20-11-13-22(30-3)14-12-20)24(28)15-17-31-19-21-9-7-6-8-10-21/h6-14,23H,4-5,15-19H2,1-3H3,(H,26,29)/t23-/m0/s1. The van der Waals surface area contributed by atoms with Gasteiger partial charge in [-0.25, -0.2) is 0 Å². The van der Waals surface area contributed by atoms with Crippen molar-refractivity contribution in [3.05, 3.63) is 65.7 Å². The molecule has 2 rings (SSSR count). The maximum Gasteiger partial charge on any atom is 0.242 e. The Balaban J connectivity index is 2.04. The van der Waals surface area contributed by atoms with Gasteiger partial charge in [-0.2, -0.15) is 11.8 Å². The molecule has 0 saturated heterocycles. The molecule has 31 heavy (non-hydrogen) atoms. The first-order chi connectivity index (χ1) is 15.1.